The van der Waals surface area contributed by atoms with Gasteiger partial charge in [0.15, 0.2) is 0 Å². The highest BCUT2D eigenvalue weighted by Gasteiger charge is 2.26. The van der Waals surface area contributed by atoms with Crippen molar-refractivity contribution in [3.05, 3.63) is 23.9 Å². The molecule has 0 bridgehead atoms. The minimum absolute atomic E-state index is 0.164. The molecule has 0 unspecified atom stereocenters. The van der Waals surface area contributed by atoms with Crippen LogP contribution in [0.25, 0.3) is 0 Å². The van der Waals surface area contributed by atoms with Crippen LogP contribution >= 0.6 is 11.6 Å². The van der Waals surface area contributed by atoms with Gasteiger partial charge in [-0.15, -0.1) is 11.6 Å². The first kappa shape index (κ1) is 12.1. The van der Waals surface area contributed by atoms with E-state index in [9.17, 15) is 13.2 Å². The Morgan fingerprint density at radius 3 is 2.67 bits per heavy atom. The van der Waals surface area contributed by atoms with Crippen LogP contribution in [0.15, 0.2) is 18.2 Å². The van der Waals surface area contributed by atoms with Crippen molar-refractivity contribution in [3.63, 3.8) is 0 Å². The molecule has 0 N–H and O–H groups in total. The second-order valence-electron chi connectivity index (χ2n) is 2.81. The number of hydrogen-bond acceptors (Lipinski definition) is 2. The average molecular weight is 240 g/mol. The number of aromatic nitrogens is 1. The van der Waals surface area contributed by atoms with Crippen LogP contribution in [-0.2, 0) is 5.88 Å². The fourth-order valence-corrected chi connectivity index (χ4v) is 1.03. The molecule has 2 nitrogen and oxygen atoms in total. The molecule has 0 spiro atoms. The molecule has 1 aromatic rings. The zero-order chi connectivity index (χ0) is 11.3. The van der Waals surface area contributed by atoms with E-state index in [0.717, 1.165) is 0 Å². The number of halogens is 4. The highest BCUT2D eigenvalue weighted by atomic mass is 35.5. The average Bonchev–Trinajstić information content (AvgIpc) is 2.16. The number of hydrogen-bond donors (Lipinski definition) is 0. The van der Waals surface area contributed by atoms with Crippen LogP contribution in [0.5, 0.6) is 5.88 Å². The van der Waals surface area contributed by atoms with E-state index in [2.05, 4.69) is 4.98 Å². The summed E-state index contributed by atoms with van der Waals surface area (Å²) in [5.74, 6) is 0.369. The summed E-state index contributed by atoms with van der Waals surface area (Å²) < 4.78 is 40.2. The lowest BCUT2D eigenvalue weighted by atomic mass is 10.4. The van der Waals surface area contributed by atoms with E-state index in [4.69, 9.17) is 16.3 Å². The number of pyridine rings is 1. The van der Waals surface area contributed by atoms with Crippen LogP contribution in [0.1, 0.15) is 12.1 Å². The van der Waals surface area contributed by atoms with Gasteiger partial charge in [0.25, 0.3) is 0 Å². The van der Waals surface area contributed by atoms with Crippen LogP contribution in [-0.4, -0.2) is 17.8 Å². The standard InChI is InChI=1S/C9H9ClF3NO/c10-6-7-2-1-3-8(14-7)15-5-4-9(11,12)13/h1-3H,4-6H2. The summed E-state index contributed by atoms with van der Waals surface area (Å²) >= 11 is 5.51. The highest BCUT2D eigenvalue weighted by molar-refractivity contribution is 6.16. The summed E-state index contributed by atoms with van der Waals surface area (Å²) in [6.07, 6.45) is -5.19. The predicted octanol–water partition coefficient (Wildman–Crippen LogP) is 3.15. The lowest BCUT2D eigenvalue weighted by Crippen LogP contribution is -2.13. The lowest BCUT2D eigenvalue weighted by Gasteiger charge is -2.08. The molecule has 0 saturated carbocycles. The van der Waals surface area contributed by atoms with Gasteiger partial charge in [-0.05, 0) is 6.07 Å². The SMILES string of the molecule is FC(F)(F)CCOc1cccc(CCl)n1. The summed E-state index contributed by atoms with van der Waals surface area (Å²) in [5.41, 5.74) is 0.571. The van der Waals surface area contributed by atoms with E-state index >= 15 is 0 Å². The third-order valence-electron chi connectivity index (χ3n) is 1.55. The third kappa shape index (κ3) is 4.88. The van der Waals surface area contributed by atoms with E-state index < -0.39 is 19.2 Å². The Morgan fingerprint density at radius 2 is 2.07 bits per heavy atom. The summed E-state index contributed by atoms with van der Waals surface area (Å²) in [6.45, 7) is -0.428. The van der Waals surface area contributed by atoms with E-state index in [0.29, 0.717) is 5.69 Å². The second-order valence-corrected chi connectivity index (χ2v) is 3.08. The maximum absolute atomic E-state index is 11.8. The molecule has 0 amide bonds. The van der Waals surface area contributed by atoms with E-state index in [1.807, 2.05) is 0 Å². The number of ether oxygens (including phenoxy) is 1. The largest absolute Gasteiger partial charge is 0.477 e. The molecule has 0 aliphatic rings. The van der Waals surface area contributed by atoms with Crippen LogP contribution in [0.3, 0.4) is 0 Å². The molecule has 6 heteroatoms. The van der Waals surface area contributed by atoms with Crippen molar-refractivity contribution in [1.29, 1.82) is 0 Å². The Kier molecular flexibility index (Phi) is 4.20. The van der Waals surface area contributed by atoms with Gasteiger partial charge in [-0.1, -0.05) is 6.07 Å². The molecule has 0 atom stereocenters. The van der Waals surface area contributed by atoms with Gasteiger partial charge >= 0.3 is 6.18 Å². The van der Waals surface area contributed by atoms with Gasteiger partial charge in [-0.2, -0.15) is 13.2 Å². The molecule has 84 valence electrons. The third-order valence-corrected chi connectivity index (χ3v) is 1.83. The summed E-state index contributed by atoms with van der Waals surface area (Å²) in [4.78, 5) is 3.89. The van der Waals surface area contributed by atoms with Crippen LogP contribution in [0.4, 0.5) is 13.2 Å². The predicted molar refractivity (Wildman–Crippen MR) is 50.0 cm³/mol. The van der Waals surface area contributed by atoms with Crippen LogP contribution in [0.2, 0.25) is 0 Å². The normalized spacial score (nSPS) is 11.5. The van der Waals surface area contributed by atoms with Gasteiger partial charge in [0, 0.05) is 6.07 Å². The molecule has 0 fully saturated rings. The van der Waals surface area contributed by atoms with Crippen molar-refractivity contribution in [2.75, 3.05) is 6.61 Å². The van der Waals surface area contributed by atoms with Crippen LogP contribution in [0, 0.1) is 0 Å². The van der Waals surface area contributed by atoms with Crippen molar-refractivity contribution in [2.24, 2.45) is 0 Å². The first-order valence-corrected chi connectivity index (χ1v) is 4.76. The fourth-order valence-electron chi connectivity index (χ4n) is 0.884. The number of rotatable bonds is 4. The maximum Gasteiger partial charge on any atom is 0.392 e. The minimum Gasteiger partial charge on any atom is -0.477 e. The Labute approximate surface area is 90.0 Å². The van der Waals surface area contributed by atoms with Crippen molar-refractivity contribution >= 4 is 11.6 Å². The Balaban J connectivity index is 2.44. The molecule has 0 aliphatic heterocycles. The van der Waals surface area contributed by atoms with Gasteiger partial charge in [0.1, 0.15) is 0 Å². The lowest BCUT2D eigenvalue weighted by molar-refractivity contribution is -0.139. The first-order chi connectivity index (χ1) is 7.01. The van der Waals surface area contributed by atoms with Crippen molar-refractivity contribution < 1.29 is 17.9 Å². The van der Waals surface area contributed by atoms with E-state index in [1.54, 1.807) is 12.1 Å². The smallest absolute Gasteiger partial charge is 0.392 e. The van der Waals surface area contributed by atoms with Crippen molar-refractivity contribution in [2.45, 2.75) is 18.5 Å². The fraction of sp³-hybridized carbons (Fsp3) is 0.444. The molecule has 0 saturated heterocycles. The monoisotopic (exact) mass is 239 g/mol. The number of nitrogens with zero attached hydrogens (tertiary/aromatic N) is 1. The Morgan fingerprint density at radius 1 is 1.33 bits per heavy atom. The molecule has 0 aliphatic carbocycles. The quantitative estimate of drug-likeness (QED) is 0.753. The summed E-state index contributed by atoms with van der Waals surface area (Å²) in [6, 6.07) is 4.80. The highest BCUT2D eigenvalue weighted by Crippen LogP contribution is 2.19. The molecular formula is C9H9ClF3NO. The molecule has 0 aromatic carbocycles. The van der Waals surface area contributed by atoms with Crippen molar-refractivity contribution in [3.8, 4) is 5.88 Å². The zero-order valence-corrected chi connectivity index (χ0v) is 8.48. The van der Waals surface area contributed by atoms with Gasteiger partial charge < -0.3 is 4.74 Å². The topological polar surface area (TPSA) is 22.1 Å². The molecule has 0 radical (unpaired) electrons. The second kappa shape index (κ2) is 5.21. The first-order valence-electron chi connectivity index (χ1n) is 4.23. The van der Waals surface area contributed by atoms with Gasteiger partial charge in [-0.25, -0.2) is 4.98 Å². The van der Waals surface area contributed by atoms with Crippen LogP contribution < -0.4 is 4.74 Å². The van der Waals surface area contributed by atoms with E-state index in [-0.39, 0.29) is 11.8 Å². The minimum atomic E-state index is -4.20. The van der Waals surface area contributed by atoms with E-state index in [1.165, 1.54) is 6.07 Å². The van der Waals surface area contributed by atoms with Gasteiger partial charge in [-0.3, -0.25) is 0 Å². The molecule has 1 aromatic heterocycles. The molecule has 1 heterocycles. The van der Waals surface area contributed by atoms with Gasteiger partial charge in [0.2, 0.25) is 5.88 Å². The maximum atomic E-state index is 11.8. The molecule has 1 rings (SSSR count). The molecule has 15 heavy (non-hydrogen) atoms. The van der Waals surface area contributed by atoms with Gasteiger partial charge in [0.05, 0.1) is 24.6 Å². The summed E-state index contributed by atoms with van der Waals surface area (Å²) in [5, 5.41) is 0. The number of alkyl halides is 4. The zero-order valence-electron chi connectivity index (χ0n) is 7.72. The Bertz CT molecular complexity index is 316. The summed E-state index contributed by atoms with van der Waals surface area (Å²) in [7, 11) is 0. The van der Waals surface area contributed by atoms with Crippen molar-refractivity contribution in [1.82, 2.24) is 4.98 Å². The Hall–Kier alpha value is -0.970. The molecular weight excluding hydrogens is 231 g/mol.